The van der Waals surface area contributed by atoms with Crippen LogP contribution >= 0.6 is 0 Å². The predicted molar refractivity (Wildman–Crippen MR) is 104 cm³/mol. The minimum atomic E-state index is -0.0931. The highest BCUT2D eigenvalue weighted by atomic mass is 16.5. The Morgan fingerprint density at radius 2 is 1.58 bits per heavy atom. The molecule has 130 valence electrons. The monoisotopic (exact) mass is 344 g/mol. The fourth-order valence-corrected chi connectivity index (χ4v) is 2.51. The van der Waals surface area contributed by atoms with Crippen molar-refractivity contribution in [2.75, 3.05) is 7.11 Å². The molecule has 0 heterocycles. The molecule has 0 amide bonds. The van der Waals surface area contributed by atoms with Gasteiger partial charge in [0.2, 0.25) is 0 Å². The molecule has 0 aliphatic rings. The summed E-state index contributed by atoms with van der Waals surface area (Å²) in [5.74, 6) is 1.28. The van der Waals surface area contributed by atoms with Crippen LogP contribution in [0.5, 0.6) is 11.5 Å². The zero-order valence-electron chi connectivity index (χ0n) is 14.6. The number of benzene rings is 3. The summed E-state index contributed by atoms with van der Waals surface area (Å²) in [6.07, 6.45) is 3.35. The van der Waals surface area contributed by atoms with Gasteiger partial charge in [0, 0.05) is 0 Å². The summed E-state index contributed by atoms with van der Waals surface area (Å²) in [4.78, 5) is 12.6. The first-order chi connectivity index (χ1) is 12.8. The summed E-state index contributed by atoms with van der Waals surface area (Å²) in [7, 11) is 1.63. The molecule has 3 aromatic carbocycles. The largest absolute Gasteiger partial charge is 0.497 e. The average molecular weight is 344 g/mol. The van der Waals surface area contributed by atoms with E-state index in [0.29, 0.717) is 17.9 Å². The Labute approximate surface area is 153 Å². The highest BCUT2D eigenvalue weighted by molar-refractivity contribution is 6.08. The zero-order chi connectivity index (χ0) is 18.2. The number of ketones is 1. The number of carbonyl (C=O) groups is 1. The van der Waals surface area contributed by atoms with Gasteiger partial charge in [-0.1, -0.05) is 60.7 Å². The van der Waals surface area contributed by atoms with Gasteiger partial charge in [0.15, 0.2) is 5.78 Å². The first kappa shape index (κ1) is 17.5. The van der Waals surface area contributed by atoms with Gasteiger partial charge in [-0.2, -0.15) is 0 Å². The molecule has 3 rings (SSSR count). The van der Waals surface area contributed by atoms with E-state index < -0.39 is 0 Å². The molecule has 0 N–H and O–H groups in total. The molecule has 3 heteroatoms. The van der Waals surface area contributed by atoms with Gasteiger partial charge < -0.3 is 9.47 Å². The van der Waals surface area contributed by atoms with Crippen molar-refractivity contribution in [1.82, 2.24) is 0 Å². The maximum absolute atomic E-state index is 12.6. The number of rotatable bonds is 7. The Morgan fingerprint density at radius 3 is 2.31 bits per heavy atom. The maximum Gasteiger partial charge on any atom is 0.189 e. The molecule has 0 saturated heterocycles. The lowest BCUT2D eigenvalue weighted by atomic mass is 10.1. The molecule has 0 aliphatic heterocycles. The van der Waals surface area contributed by atoms with Crippen molar-refractivity contribution >= 4 is 11.9 Å². The first-order valence-corrected chi connectivity index (χ1v) is 8.38. The lowest BCUT2D eigenvalue weighted by Crippen LogP contribution is -2.02. The van der Waals surface area contributed by atoms with Crippen LogP contribution in [0.3, 0.4) is 0 Å². The van der Waals surface area contributed by atoms with E-state index in [-0.39, 0.29) is 5.78 Å². The van der Waals surface area contributed by atoms with Crippen molar-refractivity contribution in [3.05, 3.63) is 102 Å². The van der Waals surface area contributed by atoms with Crippen LogP contribution in [0.25, 0.3) is 6.08 Å². The molecule has 0 aromatic heterocycles. The number of allylic oxidation sites excluding steroid dienone is 1. The van der Waals surface area contributed by atoms with E-state index >= 15 is 0 Å². The molecule has 0 unspecified atom stereocenters. The molecular formula is C23H20O3. The van der Waals surface area contributed by atoms with E-state index in [1.807, 2.05) is 72.8 Å². The predicted octanol–water partition coefficient (Wildman–Crippen LogP) is 5.17. The van der Waals surface area contributed by atoms with Gasteiger partial charge in [-0.3, -0.25) is 4.79 Å². The fraction of sp³-hybridized carbons (Fsp3) is 0.0870. The Hall–Kier alpha value is -3.33. The molecule has 26 heavy (non-hydrogen) atoms. The number of ether oxygens (including phenoxy) is 2. The van der Waals surface area contributed by atoms with Crippen LogP contribution in [0.1, 0.15) is 21.5 Å². The summed E-state index contributed by atoms with van der Waals surface area (Å²) >= 11 is 0. The van der Waals surface area contributed by atoms with E-state index in [0.717, 1.165) is 16.9 Å². The van der Waals surface area contributed by atoms with Crippen molar-refractivity contribution in [3.8, 4) is 11.5 Å². The summed E-state index contributed by atoms with van der Waals surface area (Å²) in [6.45, 7) is 0.424. The SMILES string of the molecule is COc1ccc(/C=C\C(=O)c2ccccc2OCc2ccccc2)cc1. The fourth-order valence-electron chi connectivity index (χ4n) is 2.51. The van der Waals surface area contributed by atoms with Gasteiger partial charge in [0.1, 0.15) is 18.1 Å². The van der Waals surface area contributed by atoms with Gasteiger partial charge in [-0.15, -0.1) is 0 Å². The zero-order valence-corrected chi connectivity index (χ0v) is 14.6. The molecule has 0 spiro atoms. The van der Waals surface area contributed by atoms with E-state index in [2.05, 4.69) is 0 Å². The minimum absolute atomic E-state index is 0.0931. The van der Waals surface area contributed by atoms with Crippen molar-refractivity contribution in [1.29, 1.82) is 0 Å². The Kier molecular flexibility index (Phi) is 5.84. The normalized spacial score (nSPS) is 10.7. The average Bonchev–Trinajstić information content (AvgIpc) is 2.72. The third-order valence-corrected chi connectivity index (χ3v) is 3.93. The van der Waals surface area contributed by atoms with Crippen LogP contribution in [0.4, 0.5) is 0 Å². The Bertz CT molecular complexity index is 881. The van der Waals surface area contributed by atoms with Crippen molar-refractivity contribution in [2.45, 2.75) is 6.61 Å². The van der Waals surface area contributed by atoms with Gasteiger partial charge >= 0.3 is 0 Å². The third-order valence-electron chi connectivity index (χ3n) is 3.93. The molecular weight excluding hydrogens is 324 g/mol. The quantitative estimate of drug-likeness (QED) is 0.438. The molecule has 0 radical (unpaired) electrons. The van der Waals surface area contributed by atoms with Gasteiger partial charge in [0.05, 0.1) is 12.7 Å². The number of carbonyl (C=O) groups excluding carboxylic acids is 1. The lowest BCUT2D eigenvalue weighted by Gasteiger charge is -2.09. The molecule has 0 atom stereocenters. The Balaban J connectivity index is 1.71. The minimum Gasteiger partial charge on any atom is -0.497 e. The summed E-state index contributed by atoms with van der Waals surface area (Å²) in [6, 6.07) is 24.7. The van der Waals surface area contributed by atoms with E-state index in [4.69, 9.17) is 9.47 Å². The van der Waals surface area contributed by atoms with E-state index in [1.54, 1.807) is 25.3 Å². The van der Waals surface area contributed by atoms with Crippen LogP contribution in [0.2, 0.25) is 0 Å². The molecule has 3 aromatic rings. The van der Waals surface area contributed by atoms with E-state index in [1.165, 1.54) is 0 Å². The molecule has 0 bridgehead atoms. The van der Waals surface area contributed by atoms with Gasteiger partial charge in [0.25, 0.3) is 0 Å². The smallest absolute Gasteiger partial charge is 0.189 e. The second kappa shape index (κ2) is 8.67. The first-order valence-electron chi connectivity index (χ1n) is 8.38. The van der Waals surface area contributed by atoms with Crippen LogP contribution in [0, 0.1) is 0 Å². The van der Waals surface area contributed by atoms with Crippen LogP contribution < -0.4 is 9.47 Å². The standard InChI is InChI=1S/C23H20O3/c1-25-20-14-11-18(12-15-20)13-16-22(24)21-9-5-6-10-23(21)26-17-19-7-3-2-4-8-19/h2-16H,17H2,1H3/b16-13-. The second-order valence-electron chi connectivity index (χ2n) is 5.74. The summed E-state index contributed by atoms with van der Waals surface area (Å²) in [5.41, 5.74) is 2.54. The molecule has 0 fully saturated rings. The number of methoxy groups -OCH3 is 1. The third kappa shape index (κ3) is 4.61. The molecule has 0 aliphatic carbocycles. The second-order valence-corrected chi connectivity index (χ2v) is 5.74. The summed E-state index contributed by atoms with van der Waals surface area (Å²) < 4.78 is 11.0. The van der Waals surface area contributed by atoms with Crippen LogP contribution in [-0.4, -0.2) is 12.9 Å². The number of hydrogen-bond acceptors (Lipinski definition) is 3. The van der Waals surface area contributed by atoms with Gasteiger partial charge in [-0.05, 0) is 41.5 Å². The van der Waals surface area contributed by atoms with E-state index in [9.17, 15) is 4.79 Å². The lowest BCUT2D eigenvalue weighted by molar-refractivity contribution is 0.104. The summed E-state index contributed by atoms with van der Waals surface area (Å²) in [5, 5.41) is 0. The topological polar surface area (TPSA) is 35.5 Å². The van der Waals surface area contributed by atoms with Crippen molar-refractivity contribution in [3.63, 3.8) is 0 Å². The number of hydrogen-bond donors (Lipinski definition) is 0. The van der Waals surface area contributed by atoms with Crippen LogP contribution in [0.15, 0.2) is 84.9 Å². The molecule has 3 nitrogen and oxygen atoms in total. The highest BCUT2D eigenvalue weighted by Gasteiger charge is 2.09. The van der Waals surface area contributed by atoms with Crippen molar-refractivity contribution < 1.29 is 14.3 Å². The Morgan fingerprint density at radius 1 is 0.885 bits per heavy atom. The molecule has 0 saturated carbocycles. The van der Waals surface area contributed by atoms with Gasteiger partial charge in [-0.25, -0.2) is 0 Å². The highest BCUT2D eigenvalue weighted by Crippen LogP contribution is 2.21. The number of para-hydroxylation sites is 1. The maximum atomic E-state index is 12.6. The van der Waals surface area contributed by atoms with Crippen molar-refractivity contribution in [2.24, 2.45) is 0 Å². The van der Waals surface area contributed by atoms with Crippen LogP contribution in [-0.2, 0) is 6.61 Å².